The summed E-state index contributed by atoms with van der Waals surface area (Å²) in [5.74, 6) is -0.0986. The molecular weight excluding hydrogens is 444 g/mol. The number of hydrogen-bond donors (Lipinski definition) is 0. The number of amides is 1. The highest BCUT2D eigenvalue weighted by atomic mass is 32.2. The van der Waals surface area contributed by atoms with Gasteiger partial charge in [0.2, 0.25) is 10.0 Å². The number of ether oxygens (including phenoxy) is 1. The molecule has 174 valence electrons. The number of nitrogens with zero attached hydrogens (tertiary/aromatic N) is 2. The summed E-state index contributed by atoms with van der Waals surface area (Å²) in [4.78, 5) is 16.5. The van der Waals surface area contributed by atoms with Crippen molar-refractivity contribution in [1.29, 1.82) is 0 Å². The molecule has 32 heavy (non-hydrogen) atoms. The fourth-order valence-corrected chi connectivity index (χ4v) is 6.74. The summed E-state index contributed by atoms with van der Waals surface area (Å²) in [5.41, 5.74) is 0.499. The average Bonchev–Trinajstić information content (AvgIpc) is 3.53. The number of hydrogen-bond acceptors (Lipinski definition) is 5. The molecule has 0 radical (unpaired) electrons. The maximum Gasteiger partial charge on any atom is 0.254 e. The average molecular weight is 477 g/mol. The lowest BCUT2D eigenvalue weighted by molar-refractivity contribution is 0.0509. The Morgan fingerprint density at radius 1 is 1.06 bits per heavy atom. The first kappa shape index (κ1) is 23.4. The number of benzene rings is 1. The Kier molecular flexibility index (Phi) is 7.66. The minimum absolute atomic E-state index is 0.0581. The standard InChI is InChI=1S/C24H32N2O4S2/c1-25(20-7-3-2-4-8-20)32(28,29)23-13-11-19(12-14-23)24(27)26(17-21-9-5-15-30-21)18-22-10-6-16-31-22/h6,10-14,16,20-21H,2-5,7-9,15,17-18H2,1H3. The summed E-state index contributed by atoms with van der Waals surface area (Å²) in [5, 5.41) is 2.01. The summed E-state index contributed by atoms with van der Waals surface area (Å²) in [7, 11) is -1.90. The first-order valence-electron chi connectivity index (χ1n) is 11.5. The van der Waals surface area contributed by atoms with Gasteiger partial charge >= 0.3 is 0 Å². The van der Waals surface area contributed by atoms with Crippen LogP contribution in [0.5, 0.6) is 0 Å². The number of rotatable bonds is 8. The van der Waals surface area contributed by atoms with Crippen LogP contribution in [0.2, 0.25) is 0 Å². The lowest BCUT2D eigenvalue weighted by atomic mass is 9.96. The first-order valence-corrected chi connectivity index (χ1v) is 13.8. The van der Waals surface area contributed by atoms with E-state index in [1.54, 1.807) is 42.6 Å². The van der Waals surface area contributed by atoms with E-state index in [0.29, 0.717) is 18.7 Å². The zero-order chi connectivity index (χ0) is 22.6. The molecule has 0 N–H and O–H groups in total. The predicted molar refractivity (Wildman–Crippen MR) is 126 cm³/mol. The maximum absolute atomic E-state index is 13.3. The molecule has 6 nitrogen and oxygen atoms in total. The summed E-state index contributed by atoms with van der Waals surface area (Å²) >= 11 is 1.62. The summed E-state index contributed by atoms with van der Waals surface area (Å²) in [6, 6.07) is 10.5. The Labute approximate surface area is 195 Å². The third kappa shape index (κ3) is 5.42. The van der Waals surface area contributed by atoms with Crippen molar-refractivity contribution >= 4 is 27.3 Å². The van der Waals surface area contributed by atoms with Gasteiger partial charge in [0.15, 0.2) is 0 Å². The Bertz CT molecular complexity index is 978. The van der Waals surface area contributed by atoms with E-state index < -0.39 is 10.0 Å². The molecule has 1 aromatic carbocycles. The summed E-state index contributed by atoms with van der Waals surface area (Å²) in [6.07, 6.45) is 7.18. The summed E-state index contributed by atoms with van der Waals surface area (Å²) in [6.45, 7) is 1.81. The van der Waals surface area contributed by atoms with Crippen LogP contribution in [0.15, 0.2) is 46.7 Å². The van der Waals surface area contributed by atoms with Gasteiger partial charge in [0.1, 0.15) is 0 Å². The molecule has 4 rings (SSSR count). The van der Waals surface area contributed by atoms with Gasteiger partial charge in [0, 0.05) is 36.7 Å². The molecule has 1 saturated heterocycles. The van der Waals surface area contributed by atoms with Gasteiger partial charge in [0.25, 0.3) is 5.91 Å². The zero-order valence-corrected chi connectivity index (χ0v) is 20.2. The zero-order valence-electron chi connectivity index (χ0n) is 18.6. The lowest BCUT2D eigenvalue weighted by Crippen LogP contribution is -2.38. The van der Waals surface area contributed by atoms with E-state index in [1.807, 2.05) is 22.4 Å². The molecule has 2 aliphatic rings. The topological polar surface area (TPSA) is 66.9 Å². The molecule has 0 bridgehead atoms. The van der Waals surface area contributed by atoms with Crippen molar-refractivity contribution < 1.29 is 17.9 Å². The predicted octanol–water partition coefficient (Wildman–Crippen LogP) is 4.52. The van der Waals surface area contributed by atoms with Crippen LogP contribution >= 0.6 is 11.3 Å². The van der Waals surface area contributed by atoms with Crippen LogP contribution < -0.4 is 0 Å². The fraction of sp³-hybridized carbons (Fsp3) is 0.542. The van der Waals surface area contributed by atoms with Crippen LogP contribution in [0, 0.1) is 0 Å². The Hall–Kier alpha value is -1.74. The molecule has 1 unspecified atom stereocenters. The minimum atomic E-state index is -3.57. The largest absolute Gasteiger partial charge is 0.376 e. The molecule has 1 aliphatic carbocycles. The van der Waals surface area contributed by atoms with E-state index in [-0.39, 0.29) is 22.9 Å². The third-order valence-electron chi connectivity index (χ3n) is 6.53. The molecule has 2 aromatic rings. The van der Waals surface area contributed by atoms with Gasteiger partial charge in [-0.25, -0.2) is 8.42 Å². The van der Waals surface area contributed by atoms with Crippen molar-refractivity contribution in [2.75, 3.05) is 20.2 Å². The molecule has 1 saturated carbocycles. The van der Waals surface area contributed by atoms with Gasteiger partial charge in [-0.1, -0.05) is 25.3 Å². The second-order valence-electron chi connectivity index (χ2n) is 8.74. The molecule has 1 amide bonds. The van der Waals surface area contributed by atoms with Crippen LogP contribution in [-0.2, 0) is 21.3 Å². The SMILES string of the molecule is CN(C1CCCCC1)S(=O)(=O)c1ccc(C(=O)N(Cc2cccs2)CC2CCCO2)cc1. The molecule has 2 heterocycles. The monoisotopic (exact) mass is 476 g/mol. The van der Waals surface area contributed by atoms with Crippen LogP contribution in [0.4, 0.5) is 0 Å². The molecular formula is C24H32N2O4S2. The van der Waals surface area contributed by atoms with Crippen molar-refractivity contribution in [1.82, 2.24) is 9.21 Å². The fourth-order valence-electron chi connectivity index (χ4n) is 4.60. The normalized spacial score (nSPS) is 20.0. The van der Waals surface area contributed by atoms with Gasteiger partial charge in [-0.15, -0.1) is 11.3 Å². The van der Waals surface area contributed by atoms with Gasteiger partial charge < -0.3 is 9.64 Å². The first-order chi connectivity index (χ1) is 15.4. The van der Waals surface area contributed by atoms with Gasteiger partial charge in [-0.2, -0.15) is 4.31 Å². The smallest absolute Gasteiger partial charge is 0.254 e. The van der Waals surface area contributed by atoms with Crippen LogP contribution in [-0.4, -0.2) is 55.9 Å². The van der Waals surface area contributed by atoms with Crippen LogP contribution in [0.25, 0.3) is 0 Å². The van der Waals surface area contributed by atoms with E-state index >= 15 is 0 Å². The second-order valence-corrected chi connectivity index (χ2v) is 11.8. The maximum atomic E-state index is 13.3. The molecule has 0 spiro atoms. The number of sulfonamides is 1. The van der Waals surface area contributed by atoms with Crippen molar-refractivity contribution in [2.45, 2.75) is 68.5 Å². The Morgan fingerprint density at radius 2 is 1.81 bits per heavy atom. The molecule has 2 fully saturated rings. The number of thiophene rings is 1. The second kappa shape index (κ2) is 10.5. The number of carbonyl (C=O) groups excluding carboxylic acids is 1. The molecule has 1 aromatic heterocycles. The van der Waals surface area contributed by atoms with Gasteiger partial charge in [0.05, 0.1) is 17.5 Å². The lowest BCUT2D eigenvalue weighted by Gasteiger charge is -2.30. The van der Waals surface area contributed by atoms with Crippen molar-refractivity contribution in [3.8, 4) is 0 Å². The van der Waals surface area contributed by atoms with Crippen molar-refractivity contribution in [2.24, 2.45) is 0 Å². The summed E-state index contributed by atoms with van der Waals surface area (Å²) < 4.78 is 33.5. The molecule has 1 aliphatic heterocycles. The molecule has 1 atom stereocenters. The highest BCUT2D eigenvalue weighted by molar-refractivity contribution is 7.89. The highest BCUT2D eigenvalue weighted by Gasteiger charge is 2.29. The van der Waals surface area contributed by atoms with E-state index in [2.05, 4.69) is 0 Å². The van der Waals surface area contributed by atoms with Gasteiger partial charge in [-0.3, -0.25) is 4.79 Å². The molecule has 8 heteroatoms. The number of carbonyl (C=O) groups is 1. The quantitative estimate of drug-likeness (QED) is 0.562. The van der Waals surface area contributed by atoms with E-state index in [4.69, 9.17) is 4.74 Å². The van der Waals surface area contributed by atoms with Crippen LogP contribution in [0.3, 0.4) is 0 Å². The van der Waals surface area contributed by atoms with Crippen molar-refractivity contribution in [3.05, 3.63) is 52.2 Å². The highest BCUT2D eigenvalue weighted by Crippen LogP contribution is 2.27. The van der Waals surface area contributed by atoms with Gasteiger partial charge in [-0.05, 0) is 61.4 Å². The van der Waals surface area contributed by atoms with E-state index in [9.17, 15) is 13.2 Å². The van der Waals surface area contributed by atoms with Crippen molar-refractivity contribution in [3.63, 3.8) is 0 Å². The van der Waals surface area contributed by atoms with E-state index in [1.165, 1.54) is 10.7 Å². The Balaban J connectivity index is 1.49. The third-order valence-corrected chi connectivity index (χ3v) is 9.31. The Morgan fingerprint density at radius 3 is 2.44 bits per heavy atom. The van der Waals surface area contributed by atoms with Crippen LogP contribution in [0.1, 0.15) is 60.2 Å². The van der Waals surface area contributed by atoms with E-state index in [0.717, 1.165) is 50.0 Å². The minimum Gasteiger partial charge on any atom is -0.376 e.